The molecule has 1 saturated heterocycles. The largest absolute Gasteiger partial charge is 0.330 e. The van der Waals surface area contributed by atoms with Gasteiger partial charge in [0, 0.05) is 6.54 Å². The van der Waals surface area contributed by atoms with Gasteiger partial charge in [0.15, 0.2) is 0 Å². The van der Waals surface area contributed by atoms with Crippen molar-refractivity contribution in [3.05, 3.63) is 0 Å². The van der Waals surface area contributed by atoms with Crippen molar-refractivity contribution in [2.45, 2.75) is 26.2 Å². The molecule has 0 aromatic heterocycles. The molecule has 2 N–H and O–H groups in total. The molecule has 0 radical (unpaired) electrons. The topological polar surface area (TPSA) is 55.6 Å². The van der Waals surface area contributed by atoms with Gasteiger partial charge in [-0.3, -0.25) is 9.63 Å². The summed E-state index contributed by atoms with van der Waals surface area (Å²) < 4.78 is 0. The van der Waals surface area contributed by atoms with Gasteiger partial charge in [0.25, 0.3) is 0 Å². The molecule has 4 heteroatoms. The van der Waals surface area contributed by atoms with Gasteiger partial charge in [-0.05, 0) is 12.8 Å². The van der Waals surface area contributed by atoms with Gasteiger partial charge >= 0.3 is 0 Å². The summed E-state index contributed by atoms with van der Waals surface area (Å²) in [6.45, 7) is 3.86. The minimum Gasteiger partial charge on any atom is -0.330 e. The van der Waals surface area contributed by atoms with Gasteiger partial charge in [0.05, 0.1) is 19.1 Å². The molecule has 1 atom stereocenters. The van der Waals surface area contributed by atoms with E-state index in [1.165, 1.54) is 5.06 Å². The molecule has 0 bridgehead atoms. The van der Waals surface area contributed by atoms with E-state index in [1.807, 2.05) is 0 Å². The molecule has 1 amide bonds. The maximum atomic E-state index is 11.7. The lowest BCUT2D eigenvalue weighted by atomic mass is 10.0. The SMILES string of the molecule is CCCC(CN)C(=O)N1CCCO1. The predicted molar refractivity (Wildman–Crippen MR) is 49.7 cm³/mol. The zero-order chi connectivity index (χ0) is 9.68. The molecule has 1 fully saturated rings. The standard InChI is InChI=1S/C9H18N2O2/c1-2-4-8(7-10)9(12)11-5-3-6-13-11/h8H,2-7,10H2,1H3. The van der Waals surface area contributed by atoms with Crippen molar-refractivity contribution in [1.82, 2.24) is 5.06 Å². The van der Waals surface area contributed by atoms with Gasteiger partial charge in [-0.2, -0.15) is 0 Å². The van der Waals surface area contributed by atoms with Crippen LogP contribution in [-0.4, -0.2) is 30.7 Å². The summed E-state index contributed by atoms with van der Waals surface area (Å²) >= 11 is 0. The highest BCUT2D eigenvalue weighted by Crippen LogP contribution is 2.13. The summed E-state index contributed by atoms with van der Waals surface area (Å²) in [5.41, 5.74) is 5.52. The maximum absolute atomic E-state index is 11.7. The monoisotopic (exact) mass is 186 g/mol. The molecular formula is C9H18N2O2. The molecular weight excluding hydrogens is 168 g/mol. The summed E-state index contributed by atoms with van der Waals surface area (Å²) in [5, 5.41) is 1.47. The number of carbonyl (C=O) groups is 1. The smallest absolute Gasteiger partial charge is 0.250 e. The quantitative estimate of drug-likeness (QED) is 0.696. The molecule has 0 aliphatic carbocycles. The molecule has 0 saturated carbocycles. The Kier molecular flexibility index (Phi) is 4.18. The van der Waals surface area contributed by atoms with Crippen LogP contribution >= 0.6 is 0 Å². The molecule has 1 unspecified atom stereocenters. The number of amides is 1. The number of nitrogens with zero attached hydrogens (tertiary/aromatic N) is 1. The number of hydroxylamine groups is 2. The lowest BCUT2D eigenvalue weighted by Gasteiger charge is -2.20. The molecule has 0 aromatic rings. The Morgan fingerprint density at radius 2 is 2.46 bits per heavy atom. The van der Waals surface area contributed by atoms with E-state index in [4.69, 9.17) is 10.6 Å². The van der Waals surface area contributed by atoms with Crippen molar-refractivity contribution < 1.29 is 9.63 Å². The van der Waals surface area contributed by atoms with Crippen molar-refractivity contribution >= 4 is 5.91 Å². The molecule has 0 spiro atoms. The number of rotatable bonds is 4. The lowest BCUT2D eigenvalue weighted by molar-refractivity contribution is -0.173. The molecule has 76 valence electrons. The Labute approximate surface area is 79.0 Å². The molecule has 1 aliphatic rings. The fourth-order valence-electron chi connectivity index (χ4n) is 1.52. The van der Waals surface area contributed by atoms with E-state index in [1.54, 1.807) is 0 Å². The van der Waals surface area contributed by atoms with Crippen LogP contribution in [0.2, 0.25) is 0 Å². The highest BCUT2D eigenvalue weighted by molar-refractivity contribution is 5.78. The van der Waals surface area contributed by atoms with E-state index in [9.17, 15) is 4.79 Å². The fourth-order valence-corrected chi connectivity index (χ4v) is 1.52. The zero-order valence-corrected chi connectivity index (χ0v) is 8.16. The number of carbonyl (C=O) groups excluding carboxylic acids is 1. The van der Waals surface area contributed by atoms with Crippen LogP contribution in [0.15, 0.2) is 0 Å². The first-order valence-electron chi connectivity index (χ1n) is 4.94. The van der Waals surface area contributed by atoms with Crippen LogP contribution in [0.5, 0.6) is 0 Å². The van der Waals surface area contributed by atoms with Crippen molar-refractivity contribution in [3.8, 4) is 0 Å². The van der Waals surface area contributed by atoms with E-state index < -0.39 is 0 Å². The molecule has 13 heavy (non-hydrogen) atoms. The van der Waals surface area contributed by atoms with Gasteiger partial charge in [-0.25, -0.2) is 5.06 Å². The van der Waals surface area contributed by atoms with Crippen LogP contribution in [0.3, 0.4) is 0 Å². The summed E-state index contributed by atoms with van der Waals surface area (Å²) in [5.74, 6) is 0.00458. The average Bonchev–Trinajstić information content (AvgIpc) is 2.65. The Morgan fingerprint density at radius 1 is 1.69 bits per heavy atom. The molecule has 1 aliphatic heterocycles. The third-order valence-corrected chi connectivity index (χ3v) is 2.27. The van der Waals surface area contributed by atoms with Crippen LogP contribution in [0.25, 0.3) is 0 Å². The van der Waals surface area contributed by atoms with Gasteiger partial charge in [-0.15, -0.1) is 0 Å². The predicted octanol–water partition coefficient (Wildman–Crippen LogP) is 0.525. The minimum absolute atomic E-state index is 0.0527. The highest BCUT2D eigenvalue weighted by Gasteiger charge is 2.25. The molecule has 4 nitrogen and oxygen atoms in total. The van der Waals surface area contributed by atoms with Crippen LogP contribution in [0.4, 0.5) is 0 Å². The van der Waals surface area contributed by atoms with Gasteiger partial charge in [0.1, 0.15) is 0 Å². The number of hydrogen-bond acceptors (Lipinski definition) is 3. The van der Waals surface area contributed by atoms with Gasteiger partial charge in [0.2, 0.25) is 5.91 Å². The molecule has 1 rings (SSSR count). The Morgan fingerprint density at radius 3 is 2.92 bits per heavy atom. The third-order valence-electron chi connectivity index (χ3n) is 2.27. The summed E-state index contributed by atoms with van der Waals surface area (Å²) in [6.07, 6.45) is 2.78. The second-order valence-electron chi connectivity index (χ2n) is 3.35. The summed E-state index contributed by atoms with van der Waals surface area (Å²) in [6, 6.07) is 0. The first kappa shape index (κ1) is 10.5. The van der Waals surface area contributed by atoms with E-state index >= 15 is 0 Å². The van der Waals surface area contributed by atoms with Crippen LogP contribution in [0, 0.1) is 5.92 Å². The Hall–Kier alpha value is -0.610. The Balaban J connectivity index is 2.42. The zero-order valence-electron chi connectivity index (χ0n) is 8.16. The first-order chi connectivity index (χ1) is 6.29. The van der Waals surface area contributed by atoms with Crippen LogP contribution < -0.4 is 5.73 Å². The maximum Gasteiger partial charge on any atom is 0.250 e. The van der Waals surface area contributed by atoms with Gasteiger partial charge < -0.3 is 5.73 Å². The van der Waals surface area contributed by atoms with Crippen LogP contribution in [0.1, 0.15) is 26.2 Å². The third kappa shape index (κ3) is 2.67. The normalized spacial score (nSPS) is 19.1. The van der Waals surface area contributed by atoms with E-state index in [0.717, 1.165) is 25.8 Å². The van der Waals surface area contributed by atoms with E-state index in [-0.39, 0.29) is 11.8 Å². The van der Waals surface area contributed by atoms with E-state index in [0.29, 0.717) is 13.2 Å². The fraction of sp³-hybridized carbons (Fsp3) is 0.889. The van der Waals surface area contributed by atoms with Crippen molar-refractivity contribution in [3.63, 3.8) is 0 Å². The summed E-state index contributed by atoms with van der Waals surface area (Å²) in [4.78, 5) is 16.9. The van der Waals surface area contributed by atoms with Crippen LogP contribution in [-0.2, 0) is 9.63 Å². The Bertz CT molecular complexity index is 167. The molecule has 1 heterocycles. The van der Waals surface area contributed by atoms with Crippen molar-refractivity contribution in [2.24, 2.45) is 11.7 Å². The first-order valence-corrected chi connectivity index (χ1v) is 4.94. The molecule has 0 aromatic carbocycles. The minimum atomic E-state index is -0.0527. The second-order valence-corrected chi connectivity index (χ2v) is 3.35. The van der Waals surface area contributed by atoms with Gasteiger partial charge in [-0.1, -0.05) is 13.3 Å². The van der Waals surface area contributed by atoms with E-state index in [2.05, 4.69) is 6.92 Å². The van der Waals surface area contributed by atoms with Crippen molar-refractivity contribution in [2.75, 3.05) is 19.7 Å². The van der Waals surface area contributed by atoms with Crippen molar-refractivity contribution in [1.29, 1.82) is 0 Å². The number of nitrogens with two attached hydrogens (primary N) is 1. The highest BCUT2D eigenvalue weighted by atomic mass is 16.7. The second kappa shape index (κ2) is 5.19. The lowest BCUT2D eigenvalue weighted by Crippen LogP contribution is -2.36. The number of hydrogen-bond donors (Lipinski definition) is 1. The summed E-state index contributed by atoms with van der Waals surface area (Å²) in [7, 11) is 0. The average molecular weight is 186 g/mol.